The van der Waals surface area contributed by atoms with Gasteiger partial charge in [0.1, 0.15) is 6.61 Å². The first kappa shape index (κ1) is 22.7. The highest BCUT2D eigenvalue weighted by Gasteiger charge is 2.30. The highest BCUT2D eigenvalue weighted by molar-refractivity contribution is 5.73. The minimum Gasteiger partial charge on any atom is -0.465 e. The normalized spacial score (nSPS) is 12.9. The Kier molecular flexibility index (Phi) is 9.41. The van der Waals surface area contributed by atoms with Gasteiger partial charge < -0.3 is 14.0 Å². The largest absolute Gasteiger partial charge is 0.465 e. The van der Waals surface area contributed by atoms with E-state index in [4.69, 9.17) is 9.47 Å². The number of carbonyl (C=O) groups excluding carboxylic acids is 2. The average molecular weight is 401 g/mol. The van der Waals surface area contributed by atoms with Crippen LogP contribution in [0.1, 0.15) is 50.8 Å². The van der Waals surface area contributed by atoms with Crippen LogP contribution in [0.25, 0.3) is 0 Å². The van der Waals surface area contributed by atoms with Gasteiger partial charge in [-0.3, -0.25) is 9.59 Å². The van der Waals surface area contributed by atoms with E-state index in [0.717, 1.165) is 24.1 Å². The number of hydrogen-bond acceptors (Lipinski definition) is 5. The first-order chi connectivity index (χ1) is 14.0. The van der Waals surface area contributed by atoms with E-state index in [9.17, 15) is 9.59 Å². The van der Waals surface area contributed by atoms with Crippen LogP contribution < -0.4 is 0 Å². The van der Waals surface area contributed by atoms with Gasteiger partial charge in [0, 0.05) is 31.3 Å². The first-order valence-corrected chi connectivity index (χ1v) is 10.4. The van der Waals surface area contributed by atoms with Crippen LogP contribution in [-0.2, 0) is 39.1 Å². The maximum Gasteiger partial charge on any atom is 0.309 e. The van der Waals surface area contributed by atoms with Crippen molar-refractivity contribution in [3.63, 3.8) is 0 Å². The highest BCUT2D eigenvalue weighted by atomic mass is 16.5. The zero-order valence-corrected chi connectivity index (χ0v) is 17.7. The summed E-state index contributed by atoms with van der Waals surface area (Å²) in [4.78, 5) is 29.0. The van der Waals surface area contributed by atoms with Crippen molar-refractivity contribution < 1.29 is 19.1 Å². The number of imidazole rings is 1. The van der Waals surface area contributed by atoms with E-state index in [0.29, 0.717) is 19.3 Å². The lowest BCUT2D eigenvalue weighted by Crippen LogP contribution is -2.31. The summed E-state index contributed by atoms with van der Waals surface area (Å²) in [5, 5.41) is 0. The van der Waals surface area contributed by atoms with Gasteiger partial charge in [-0.2, -0.15) is 0 Å². The summed E-state index contributed by atoms with van der Waals surface area (Å²) in [7, 11) is 1.92. The Morgan fingerprint density at radius 2 is 1.90 bits per heavy atom. The van der Waals surface area contributed by atoms with E-state index in [1.165, 1.54) is 0 Å². The highest BCUT2D eigenvalue weighted by Crippen LogP contribution is 2.24. The topological polar surface area (TPSA) is 70.4 Å². The third kappa shape index (κ3) is 7.37. The van der Waals surface area contributed by atoms with Crippen LogP contribution in [0.2, 0.25) is 0 Å². The van der Waals surface area contributed by atoms with Crippen LogP contribution in [0.5, 0.6) is 0 Å². The lowest BCUT2D eigenvalue weighted by molar-refractivity contribution is -0.156. The fourth-order valence-corrected chi connectivity index (χ4v) is 3.29. The SMILES string of the molecule is CCCCC(=O)OC[C@H](Cc1cncn1C)[C@H](CC)C(=O)OCc1ccccc1. The standard InChI is InChI=1S/C23H32N2O4/c1-4-6-12-22(26)28-16-19(13-20-14-24-17-25(20)3)21(5-2)23(27)29-15-18-10-8-7-9-11-18/h7-11,14,17,19,21H,4-6,12-13,15-16H2,1-3H3/t19-,21-/m0/s1. The lowest BCUT2D eigenvalue weighted by Gasteiger charge is -2.25. The minimum atomic E-state index is -0.354. The van der Waals surface area contributed by atoms with Gasteiger partial charge in [0.25, 0.3) is 0 Å². The fraction of sp³-hybridized carbons (Fsp3) is 0.522. The van der Waals surface area contributed by atoms with E-state index >= 15 is 0 Å². The number of carbonyl (C=O) groups is 2. The van der Waals surface area contributed by atoms with Crippen LogP contribution in [0.15, 0.2) is 42.9 Å². The molecule has 2 rings (SSSR count). The van der Waals surface area contributed by atoms with E-state index < -0.39 is 0 Å². The number of esters is 2. The number of benzene rings is 1. The zero-order chi connectivity index (χ0) is 21.1. The molecule has 1 aromatic carbocycles. The van der Waals surface area contributed by atoms with Crippen LogP contribution in [0.4, 0.5) is 0 Å². The number of unbranched alkanes of at least 4 members (excludes halogenated alkanes) is 1. The van der Waals surface area contributed by atoms with Gasteiger partial charge in [-0.15, -0.1) is 0 Å². The van der Waals surface area contributed by atoms with E-state index in [1.54, 1.807) is 12.5 Å². The van der Waals surface area contributed by atoms with E-state index in [1.807, 2.05) is 55.8 Å². The number of aromatic nitrogens is 2. The first-order valence-electron chi connectivity index (χ1n) is 10.4. The summed E-state index contributed by atoms with van der Waals surface area (Å²) >= 11 is 0. The molecule has 2 aromatic rings. The molecule has 0 amide bonds. The molecule has 29 heavy (non-hydrogen) atoms. The number of nitrogens with zero attached hydrogens (tertiary/aromatic N) is 2. The van der Waals surface area contributed by atoms with Crippen LogP contribution >= 0.6 is 0 Å². The van der Waals surface area contributed by atoms with Crippen LogP contribution in [0.3, 0.4) is 0 Å². The maximum absolute atomic E-state index is 12.8. The molecule has 0 aliphatic carbocycles. The second-order valence-electron chi connectivity index (χ2n) is 7.35. The third-order valence-corrected chi connectivity index (χ3v) is 5.12. The summed E-state index contributed by atoms with van der Waals surface area (Å²) in [6.07, 6.45) is 6.88. The molecule has 2 atom stereocenters. The molecule has 0 aliphatic rings. The van der Waals surface area contributed by atoms with Crippen molar-refractivity contribution in [3.05, 3.63) is 54.1 Å². The Labute approximate surface area is 173 Å². The van der Waals surface area contributed by atoms with Crippen molar-refractivity contribution in [2.24, 2.45) is 18.9 Å². The molecule has 6 heteroatoms. The molecular weight excluding hydrogens is 368 g/mol. The maximum atomic E-state index is 12.8. The predicted molar refractivity (Wildman–Crippen MR) is 111 cm³/mol. The van der Waals surface area contributed by atoms with Crippen molar-refractivity contribution in [1.29, 1.82) is 0 Å². The zero-order valence-electron chi connectivity index (χ0n) is 17.7. The monoisotopic (exact) mass is 400 g/mol. The Bertz CT molecular complexity index is 757. The van der Waals surface area contributed by atoms with Crippen LogP contribution in [-0.4, -0.2) is 28.1 Å². The number of ether oxygens (including phenoxy) is 2. The van der Waals surface area contributed by atoms with Crippen molar-refractivity contribution in [3.8, 4) is 0 Å². The Morgan fingerprint density at radius 1 is 1.14 bits per heavy atom. The molecule has 0 spiro atoms. The van der Waals surface area contributed by atoms with Crippen molar-refractivity contribution >= 4 is 11.9 Å². The Hall–Kier alpha value is -2.63. The molecule has 0 unspecified atom stereocenters. The van der Waals surface area contributed by atoms with E-state index in [2.05, 4.69) is 4.98 Å². The molecule has 0 aliphatic heterocycles. The van der Waals surface area contributed by atoms with Gasteiger partial charge in [0.2, 0.25) is 0 Å². The van der Waals surface area contributed by atoms with Crippen molar-refractivity contribution in [2.75, 3.05) is 6.61 Å². The fourth-order valence-electron chi connectivity index (χ4n) is 3.29. The molecule has 0 saturated heterocycles. The molecule has 0 radical (unpaired) electrons. The molecule has 0 saturated carbocycles. The number of aryl methyl sites for hydroxylation is 1. The number of rotatable bonds is 12. The summed E-state index contributed by atoms with van der Waals surface area (Å²) in [5.41, 5.74) is 1.94. The third-order valence-electron chi connectivity index (χ3n) is 5.12. The van der Waals surface area contributed by atoms with Gasteiger partial charge in [0.05, 0.1) is 18.9 Å². The molecule has 158 valence electrons. The molecular formula is C23H32N2O4. The lowest BCUT2D eigenvalue weighted by atomic mass is 9.87. The summed E-state index contributed by atoms with van der Waals surface area (Å²) in [6.45, 7) is 4.44. The quantitative estimate of drug-likeness (QED) is 0.502. The second-order valence-corrected chi connectivity index (χ2v) is 7.35. The predicted octanol–water partition coefficient (Wildman–Crippen LogP) is 4.08. The van der Waals surface area contributed by atoms with Crippen molar-refractivity contribution in [2.45, 2.75) is 52.6 Å². The second kappa shape index (κ2) is 12.0. The van der Waals surface area contributed by atoms with Gasteiger partial charge in [0.15, 0.2) is 0 Å². The summed E-state index contributed by atoms with van der Waals surface area (Å²) < 4.78 is 13.0. The minimum absolute atomic E-state index is 0.163. The number of hydrogen-bond donors (Lipinski definition) is 0. The molecule has 1 heterocycles. The summed E-state index contributed by atoms with van der Waals surface area (Å²) in [5.74, 6) is -0.987. The Morgan fingerprint density at radius 3 is 2.52 bits per heavy atom. The molecule has 0 fully saturated rings. The molecule has 0 N–H and O–H groups in total. The summed E-state index contributed by atoms with van der Waals surface area (Å²) in [6, 6.07) is 9.62. The Balaban J connectivity index is 2.04. The van der Waals surface area contributed by atoms with Gasteiger partial charge in [-0.05, 0) is 24.8 Å². The van der Waals surface area contributed by atoms with Gasteiger partial charge in [-0.1, -0.05) is 50.6 Å². The van der Waals surface area contributed by atoms with Gasteiger partial charge >= 0.3 is 11.9 Å². The van der Waals surface area contributed by atoms with E-state index in [-0.39, 0.29) is 37.0 Å². The molecule has 6 nitrogen and oxygen atoms in total. The van der Waals surface area contributed by atoms with Gasteiger partial charge in [-0.25, -0.2) is 4.98 Å². The van der Waals surface area contributed by atoms with Crippen LogP contribution in [0, 0.1) is 11.8 Å². The molecule has 1 aromatic heterocycles. The average Bonchev–Trinajstić information content (AvgIpc) is 3.14. The molecule has 0 bridgehead atoms. The smallest absolute Gasteiger partial charge is 0.309 e. The van der Waals surface area contributed by atoms with Crippen molar-refractivity contribution in [1.82, 2.24) is 9.55 Å².